The molecular formula is C31H33N5O4S. The molecule has 4 aromatic rings. The van der Waals surface area contributed by atoms with Crippen molar-refractivity contribution in [1.82, 2.24) is 20.2 Å². The van der Waals surface area contributed by atoms with E-state index in [1.54, 1.807) is 44.4 Å². The van der Waals surface area contributed by atoms with Gasteiger partial charge in [-0.1, -0.05) is 24.3 Å². The number of hydrogen-bond acceptors (Lipinski definition) is 6. The standard InChI is InChI=1S/C31H33N5O4S/c1-19-9-15-24(20(2)23(19)18-40-26-8-6-7-25-29(26)34-31(41)36(25)5)35(4)28(38)17-33-27(37)16-12-21-10-13-22(14-11-21)30(39)32-3/h6-16H,17-18H2,1-5H3,(H,32,39)(H,33,37)(H,34,41)/b16-12+. The van der Waals surface area contributed by atoms with E-state index in [0.29, 0.717) is 23.1 Å². The first-order chi connectivity index (χ1) is 19.6. The molecule has 0 bridgehead atoms. The summed E-state index contributed by atoms with van der Waals surface area (Å²) in [4.78, 5) is 43.0. The second kappa shape index (κ2) is 12.7. The Balaban J connectivity index is 1.39. The molecule has 0 radical (unpaired) electrons. The first-order valence-corrected chi connectivity index (χ1v) is 13.5. The summed E-state index contributed by atoms with van der Waals surface area (Å²) in [5.41, 5.74) is 6.60. The number of anilines is 1. The molecule has 41 heavy (non-hydrogen) atoms. The minimum absolute atomic E-state index is 0.165. The molecule has 10 heteroatoms. The summed E-state index contributed by atoms with van der Waals surface area (Å²) >= 11 is 4.42. The lowest BCUT2D eigenvalue weighted by molar-refractivity contribution is -0.122. The molecule has 212 valence electrons. The molecule has 0 fully saturated rings. The Kier molecular flexibility index (Phi) is 9.14. The van der Waals surface area contributed by atoms with E-state index in [1.165, 1.54) is 11.0 Å². The molecule has 0 aliphatic carbocycles. The fraction of sp³-hybridized carbons (Fsp3) is 0.226. The van der Waals surface area contributed by atoms with Gasteiger partial charge in [-0.3, -0.25) is 14.4 Å². The van der Waals surface area contributed by atoms with Crippen LogP contribution in [0, 0.1) is 13.8 Å². The van der Waals surface area contributed by atoms with E-state index in [4.69, 9.17) is 4.74 Å². The maximum Gasteiger partial charge on any atom is 0.251 e. The number of fused-ring (bicyclic) bond motifs is 1. The number of nitrogens with one attached hydrogen (secondary N) is 2. The van der Waals surface area contributed by atoms with Crippen LogP contribution in [0.1, 0.15) is 32.6 Å². The lowest BCUT2D eigenvalue weighted by Gasteiger charge is -2.23. The van der Waals surface area contributed by atoms with Crippen molar-refractivity contribution in [2.75, 3.05) is 25.5 Å². The molecule has 1 heterocycles. The third kappa shape index (κ3) is 6.60. The summed E-state index contributed by atoms with van der Waals surface area (Å²) in [6.45, 7) is 4.09. The summed E-state index contributed by atoms with van der Waals surface area (Å²) in [5, 5.41) is 5.80. The number of aryl methyl sites for hydroxylation is 2. The number of hydrogen-bond donors (Lipinski definition) is 3. The van der Waals surface area contributed by atoms with Gasteiger partial charge in [-0.25, -0.2) is 4.98 Å². The Morgan fingerprint density at radius 1 is 1.07 bits per heavy atom. The number of thiol groups is 1. The van der Waals surface area contributed by atoms with Crippen LogP contribution >= 0.6 is 12.6 Å². The molecule has 9 nitrogen and oxygen atoms in total. The zero-order valence-corrected chi connectivity index (χ0v) is 24.6. The number of benzene rings is 3. The minimum atomic E-state index is -0.398. The second-order valence-corrected chi connectivity index (χ2v) is 9.99. The van der Waals surface area contributed by atoms with Gasteiger partial charge in [0.05, 0.1) is 12.1 Å². The molecule has 0 aliphatic heterocycles. The van der Waals surface area contributed by atoms with Crippen molar-refractivity contribution in [2.24, 2.45) is 7.05 Å². The van der Waals surface area contributed by atoms with E-state index in [1.807, 2.05) is 55.8 Å². The topological polar surface area (TPSA) is 106 Å². The molecule has 0 atom stereocenters. The average Bonchev–Trinajstić information content (AvgIpc) is 3.27. The number of aromatic nitrogens is 2. The summed E-state index contributed by atoms with van der Waals surface area (Å²) in [7, 11) is 5.15. The predicted molar refractivity (Wildman–Crippen MR) is 163 cm³/mol. The monoisotopic (exact) mass is 571 g/mol. The average molecular weight is 572 g/mol. The van der Waals surface area contributed by atoms with E-state index < -0.39 is 5.91 Å². The van der Waals surface area contributed by atoms with E-state index in [-0.39, 0.29) is 18.4 Å². The van der Waals surface area contributed by atoms with Gasteiger partial charge < -0.3 is 24.8 Å². The van der Waals surface area contributed by atoms with Gasteiger partial charge in [0.2, 0.25) is 11.8 Å². The zero-order valence-electron chi connectivity index (χ0n) is 23.7. The van der Waals surface area contributed by atoms with Crippen LogP contribution in [0.2, 0.25) is 0 Å². The number of para-hydroxylation sites is 1. The van der Waals surface area contributed by atoms with Crippen molar-refractivity contribution < 1.29 is 19.1 Å². The van der Waals surface area contributed by atoms with Crippen molar-refractivity contribution in [3.05, 3.63) is 88.5 Å². The fourth-order valence-corrected chi connectivity index (χ4v) is 4.65. The van der Waals surface area contributed by atoms with Gasteiger partial charge in [0.1, 0.15) is 17.9 Å². The summed E-state index contributed by atoms with van der Waals surface area (Å²) in [5.74, 6) is -0.186. The second-order valence-electron chi connectivity index (χ2n) is 9.59. The SMILES string of the molecule is CNC(=O)c1ccc(/C=C/C(=O)NCC(=O)N(C)c2ccc(C)c(COc3cccc4c3nc(S)n4C)c2C)cc1. The molecule has 3 amide bonds. The van der Waals surface area contributed by atoms with Crippen molar-refractivity contribution in [3.63, 3.8) is 0 Å². The number of imidazole rings is 1. The van der Waals surface area contributed by atoms with Gasteiger partial charge >= 0.3 is 0 Å². The maximum absolute atomic E-state index is 13.0. The van der Waals surface area contributed by atoms with Crippen LogP contribution in [0.15, 0.2) is 65.8 Å². The van der Waals surface area contributed by atoms with Crippen LogP contribution < -0.4 is 20.3 Å². The molecule has 0 saturated carbocycles. The van der Waals surface area contributed by atoms with Crippen molar-refractivity contribution in [1.29, 1.82) is 0 Å². The third-order valence-electron chi connectivity index (χ3n) is 7.00. The van der Waals surface area contributed by atoms with Crippen LogP contribution in [0.5, 0.6) is 5.75 Å². The molecule has 3 aromatic carbocycles. The summed E-state index contributed by atoms with van der Waals surface area (Å²) in [6.07, 6.45) is 2.98. The Morgan fingerprint density at radius 3 is 2.51 bits per heavy atom. The van der Waals surface area contributed by atoms with Crippen LogP contribution in [0.25, 0.3) is 17.1 Å². The van der Waals surface area contributed by atoms with E-state index in [2.05, 4.69) is 28.2 Å². The Labute approximate surface area is 244 Å². The molecule has 0 saturated heterocycles. The molecule has 0 aliphatic rings. The van der Waals surface area contributed by atoms with Gasteiger partial charge in [0, 0.05) is 38.5 Å². The molecule has 0 unspecified atom stereocenters. The lowest BCUT2D eigenvalue weighted by atomic mass is 10.0. The van der Waals surface area contributed by atoms with Crippen LogP contribution in [0.4, 0.5) is 5.69 Å². The van der Waals surface area contributed by atoms with Gasteiger partial charge in [0.15, 0.2) is 5.16 Å². The fourth-order valence-electron chi connectivity index (χ4n) is 4.44. The van der Waals surface area contributed by atoms with Gasteiger partial charge in [-0.15, -0.1) is 12.6 Å². The van der Waals surface area contributed by atoms with E-state index >= 15 is 0 Å². The first kappa shape index (κ1) is 29.4. The van der Waals surface area contributed by atoms with Gasteiger partial charge in [0.25, 0.3) is 5.91 Å². The number of carbonyl (C=O) groups is 3. The number of ether oxygens (including phenoxy) is 1. The highest BCUT2D eigenvalue weighted by molar-refractivity contribution is 7.80. The number of rotatable bonds is 9. The van der Waals surface area contributed by atoms with Crippen LogP contribution in [0.3, 0.4) is 0 Å². The van der Waals surface area contributed by atoms with Crippen molar-refractivity contribution in [3.8, 4) is 5.75 Å². The normalized spacial score (nSPS) is 11.1. The van der Waals surface area contributed by atoms with Gasteiger partial charge in [-0.2, -0.15) is 0 Å². The van der Waals surface area contributed by atoms with Crippen molar-refractivity contribution >= 4 is 53.1 Å². The summed E-state index contributed by atoms with van der Waals surface area (Å²) in [6, 6.07) is 16.4. The zero-order chi connectivity index (χ0) is 29.7. The first-order valence-electron chi connectivity index (χ1n) is 13.0. The quantitative estimate of drug-likeness (QED) is 0.206. The van der Waals surface area contributed by atoms with Gasteiger partial charge in [-0.05, 0) is 72.5 Å². The Morgan fingerprint density at radius 2 is 1.80 bits per heavy atom. The Hall–Kier alpha value is -4.57. The van der Waals surface area contributed by atoms with Crippen LogP contribution in [-0.4, -0.2) is 47.9 Å². The lowest BCUT2D eigenvalue weighted by Crippen LogP contribution is -2.38. The molecule has 2 N–H and O–H groups in total. The highest BCUT2D eigenvalue weighted by Crippen LogP contribution is 2.30. The Bertz CT molecular complexity index is 1640. The number of carbonyl (C=O) groups excluding carboxylic acids is 3. The van der Waals surface area contributed by atoms with Crippen LogP contribution in [-0.2, 0) is 23.2 Å². The molecule has 0 spiro atoms. The number of nitrogens with zero attached hydrogens (tertiary/aromatic N) is 3. The largest absolute Gasteiger partial charge is 0.487 e. The smallest absolute Gasteiger partial charge is 0.251 e. The molecule has 1 aromatic heterocycles. The summed E-state index contributed by atoms with van der Waals surface area (Å²) < 4.78 is 8.09. The molecule has 4 rings (SSSR count). The van der Waals surface area contributed by atoms with E-state index in [0.717, 1.165) is 39.0 Å². The molecular weight excluding hydrogens is 538 g/mol. The third-order valence-corrected chi connectivity index (χ3v) is 7.40. The predicted octanol–water partition coefficient (Wildman–Crippen LogP) is 4.21. The highest BCUT2D eigenvalue weighted by Gasteiger charge is 2.18. The van der Waals surface area contributed by atoms with E-state index in [9.17, 15) is 14.4 Å². The van der Waals surface area contributed by atoms with Crippen molar-refractivity contribution in [2.45, 2.75) is 25.6 Å². The number of likely N-dealkylation sites (N-methyl/N-ethyl adjacent to an activating group) is 1. The maximum atomic E-state index is 13.0. The highest BCUT2D eigenvalue weighted by atomic mass is 32.1. The number of amides is 3. The minimum Gasteiger partial charge on any atom is -0.487 e.